The summed E-state index contributed by atoms with van der Waals surface area (Å²) in [6, 6.07) is 16.8. The Hall–Kier alpha value is -3.28. The van der Waals surface area contributed by atoms with Crippen LogP contribution in [0, 0.1) is 0 Å². The topological polar surface area (TPSA) is 83.2 Å². The maximum absolute atomic E-state index is 12.2. The Morgan fingerprint density at radius 2 is 1.88 bits per heavy atom. The largest absolute Gasteiger partial charge is 0.497 e. The molecular weight excluding hydrogens is 330 g/mol. The minimum Gasteiger partial charge on any atom is -0.497 e. The normalized spacial score (nSPS) is 10.5. The number of pyridine rings is 1. The first-order valence-electron chi connectivity index (χ1n) is 8.41. The zero-order valence-corrected chi connectivity index (χ0v) is 14.5. The molecule has 6 heteroatoms. The second kappa shape index (κ2) is 8.20. The standard InChI is InChI=1S/C20H21N3O3/c1-26-17-8-7-15-11-16(19(24)23-18(15)12-17)9-10-21-20(25)22-13-14-5-3-2-4-6-14/h2-8,11-12H,9-10,13H2,1H3,(H,23,24)(H2,21,22,25). The van der Waals surface area contributed by atoms with Gasteiger partial charge in [-0.2, -0.15) is 0 Å². The van der Waals surface area contributed by atoms with E-state index in [1.165, 1.54) is 0 Å². The lowest BCUT2D eigenvalue weighted by atomic mass is 10.1. The van der Waals surface area contributed by atoms with E-state index in [0.29, 0.717) is 30.8 Å². The zero-order chi connectivity index (χ0) is 18.4. The van der Waals surface area contributed by atoms with E-state index in [1.54, 1.807) is 13.2 Å². The summed E-state index contributed by atoms with van der Waals surface area (Å²) >= 11 is 0. The lowest BCUT2D eigenvalue weighted by molar-refractivity contribution is 0.240. The molecule has 1 aromatic heterocycles. The Morgan fingerprint density at radius 1 is 1.08 bits per heavy atom. The molecule has 2 aromatic carbocycles. The van der Waals surface area contributed by atoms with Crippen LogP contribution in [0.5, 0.6) is 5.75 Å². The van der Waals surface area contributed by atoms with Gasteiger partial charge in [-0.15, -0.1) is 0 Å². The molecule has 3 rings (SSSR count). The van der Waals surface area contributed by atoms with Crippen LogP contribution in [0.4, 0.5) is 4.79 Å². The maximum atomic E-state index is 12.2. The van der Waals surface area contributed by atoms with Crippen LogP contribution in [0.1, 0.15) is 11.1 Å². The van der Waals surface area contributed by atoms with Gasteiger partial charge in [0.1, 0.15) is 5.75 Å². The number of fused-ring (bicyclic) bond motifs is 1. The van der Waals surface area contributed by atoms with E-state index < -0.39 is 0 Å². The number of hydrogen-bond acceptors (Lipinski definition) is 3. The van der Waals surface area contributed by atoms with E-state index in [0.717, 1.165) is 16.5 Å². The first kappa shape index (κ1) is 17.5. The molecule has 0 aliphatic carbocycles. The fourth-order valence-electron chi connectivity index (χ4n) is 2.69. The van der Waals surface area contributed by atoms with Crippen LogP contribution < -0.4 is 20.9 Å². The van der Waals surface area contributed by atoms with Gasteiger partial charge in [0.2, 0.25) is 0 Å². The van der Waals surface area contributed by atoms with E-state index in [4.69, 9.17) is 4.74 Å². The molecule has 0 atom stereocenters. The molecule has 1 heterocycles. The van der Waals surface area contributed by atoms with E-state index in [9.17, 15) is 9.59 Å². The van der Waals surface area contributed by atoms with Crippen molar-refractivity contribution in [3.8, 4) is 5.75 Å². The van der Waals surface area contributed by atoms with Crippen LogP contribution in [0.2, 0.25) is 0 Å². The molecule has 0 unspecified atom stereocenters. The molecule has 3 N–H and O–H groups in total. The van der Waals surface area contributed by atoms with Gasteiger partial charge < -0.3 is 20.4 Å². The Labute approximate surface area is 151 Å². The second-order valence-corrected chi connectivity index (χ2v) is 5.92. The average molecular weight is 351 g/mol. The monoisotopic (exact) mass is 351 g/mol. The maximum Gasteiger partial charge on any atom is 0.315 e. The molecule has 0 radical (unpaired) electrons. The molecule has 26 heavy (non-hydrogen) atoms. The summed E-state index contributed by atoms with van der Waals surface area (Å²) in [4.78, 5) is 26.9. The molecule has 0 saturated heterocycles. The van der Waals surface area contributed by atoms with E-state index >= 15 is 0 Å². The number of methoxy groups -OCH3 is 1. The summed E-state index contributed by atoms with van der Waals surface area (Å²) in [5, 5.41) is 6.49. The summed E-state index contributed by atoms with van der Waals surface area (Å²) in [5.74, 6) is 0.692. The fraction of sp³-hybridized carbons (Fsp3) is 0.200. The summed E-state index contributed by atoms with van der Waals surface area (Å²) in [6.45, 7) is 0.844. The van der Waals surface area contributed by atoms with Gasteiger partial charge in [0.15, 0.2) is 0 Å². The van der Waals surface area contributed by atoms with Crippen molar-refractivity contribution in [3.63, 3.8) is 0 Å². The van der Waals surface area contributed by atoms with E-state index in [2.05, 4.69) is 15.6 Å². The predicted molar refractivity (Wildman–Crippen MR) is 102 cm³/mol. The zero-order valence-electron chi connectivity index (χ0n) is 14.5. The molecule has 0 fully saturated rings. The van der Waals surface area contributed by atoms with Crippen molar-refractivity contribution in [1.82, 2.24) is 15.6 Å². The van der Waals surface area contributed by atoms with Gasteiger partial charge in [0, 0.05) is 24.7 Å². The number of rotatable bonds is 6. The summed E-state index contributed by atoms with van der Waals surface area (Å²) in [5.41, 5.74) is 2.24. The van der Waals surface area contributed by atoms with Gasteiger partial charge in [0.25, 0.3) is 5.56 Å². The summed E-state index contributed by atoms with van der Waals surface area (Å²) in [6.07, 6.45) is 0.454. The van der Waals surface area contributed by atoms with E-state index in [-0.39, 0.29) is 11.6 Å². The van der Waals surface area contributed by atoms with Crippen LogP contribution in [0.15, 0.2) is 59.4 Å². The first-order valence-corrected chi connectivity index (χ1v) is 8.41. The van der Waals surface area contributed by atoms with Crippen LogP contribution in [0.25, 0.3) is 10.9 Å². The van der Waals surface area contributed by atoms with Crippen LogP contribution in [-0.2, 0) is 13.0 Å². The number of aromatic amines is 1. The minimum absolute atomic E-state index is 0.155. The number of amides is 2. The lowest BCUT2D eigenvalue weighted by Crippen LogP contribution is -2.36. The van der Waals surface area contributed by atoms with Crippen molar-refractivity contribution >= 4 is 16.9 Å². The highest BCUT2D eigenvalue weighted by molar-refractivity contribution is 5.80. The molecule has 0 saturated carbocycles. The quantitative estimate of drug-likeness (QED) is 0.638. The average Bonchev–Trinajstić information content (AvgIpc) is 2.67. The number of urea groups is 1. The summed E-state index contributed by atoms with van der Waals surface area (Å²) < 4.78 is 5.16. The van der Waals surface area contributed by atoms with Crippen molar-refractivity contribution in [2.24, 2.45) is 0 Å². The predicted octanol–water partition coefficient (Wildman–Crippen LogP) is 2.58. The molecular formula is C20H21N3O3. The Morgan fingerprint density at radius 3 is 2.65 bits per heavy atom. The third-order valence-corrected chi connectivity index (χ3v) is 4.11. The Kier molecular flexibility index (Phi) is 5.53. The Balaban J connectivity index is 1.55. The highest BCUT2D eigenvalue weighted by atomic mass is 16.5. The highest BCUT2D eigenvalue weighted by Crippen LogP contribution is 2.18. The highest BCUT2D eigenvalue weighted by Gasteiger charge is 2.06. The molecule has 6 nitrogen and oxygen atoms in total. The van der Waals surface area contributed by atoms with Gasteiger partial charge in [-0.05, 0) is 35.6 Å². The number of hydrogen-bond donors (Lipinski definition) is 3. The van der Waals surface area contributed by atoms with Crippen molar-refractivity contribution in [2.75, 3.05) is 13.7 Å². The van der Waals surface area contributed by atoms with Crippen molar-refractivity contribution in [2.45, 2.75) is 13.0 Å². The molecule has 0 bridgehead atoms. The lowest BCUT2D eigenvalue weighted by Gasteiger charge is -2.08. The molecule has 3 aromatic rings. The SMILES string of the molecule is COc1ccc2cc(CCNC(=O)NCc3ccccc3)c(=O)[nH]c2c1. The smallest absolute Gasteiger partial charge is 0.315 e. The summed E-state index contributed by atoms with van der Waals surface area (Å²) in [7, 11) is 1.59. The first-order chi connectivity index (χ1) is 12.7. The molecule has 0 spiro atoms. The van der Waals surface area contributed by atoms with Crippen LogP contribution in [-0.4, -0.2) is 24.7 Å². The number of carbonyl (C=O) groups excluding carboxylic acids is 1. The number of ether oxygens (including phenoxy) is 1. The van der Waals surface area contributed by atoms with Crippen molar-refractivity contribution in [3.05, 3.63) is 76.1 Å². The number of H-pyrrole nitrogens is 1. The Bertz CT molecular complexity index is 951. The molecule has 2 amide bonds. The van der Waals surface area contributed by atoms with Crippen molar-refractivity contribution in [1.29, 1.82) is 0 Å². The van der Waals surface area contributed by atoms with Crippen LogP contribution >= 0.6 is 0 Å². The molecule has 0 aliphatic heterocycles. The van der Waals surface area contributed by atoms with Crippen molar-refractivity contribution < 1.29 is 9.53 Å². The van der Waals surface area contributed by atoms with Gasteiger partial charge in [0.05, 0.1) is 12.6 Å². The van der Waals surface area contributed by atoms with Gasteiger partial charge >= 0.3 is 6.03 Å². The molecule has 134 valence electrons. The number of nitrogens with one attached hydrogen (secondary N) is 3. The number of carbonyl (C=O) groups is 1. The second-order valence-electron chi connectivity index (χ2n) is 5.92. The third-order valence-electron chi connectivity index (χ3n) is 4.11. The van der Waals surface area contributed by atoms with Gasteiger partial charge in [-0.1, -0.05) is 30.3 Å². The minimum atomic E-state index is -0.254. The van der Waals surface area contributed by atoms with Gasteiger partial charge in [-0.3, -0.25) is 4.79 Å². The number of aromatic nitrogens is 1. The van der Waals surface area contributed by atoms with Crippen LogP contribution in [0.3, 0.4) is 0 Å². The van der Waals surface area contributed by atoms with Gasteiger partial charge in [-0.25, -0.2) is 4.79 Å². The number of benzene rings is 2. The fourth-order valence-corrected chi connectivity index (χ4v) is 2.69. The molecule has 0 aliphatic rings. The van der Waals surface area contributed by atoms with E-state index in [1.807, 2.05) is 48.5 Å². The third kappa shape index (κ3) is 4.42.